The van der Waals surface area contributed by atoms with Crippen LogP contribution in [0.25, 0.3) is 11.3 Å². The van der Waals surface area contributed by atoms with Crippen LogP contribution in [-0.2, 0) is 0 Å². The van der Waals surface area contributed by atoms with E-state index in [4.69, 9.17) is 0 Å². The number of hydrogen-bond donors (Lipinski definition) is 1. The van der Waals surface area contributed by atoms with Crippen LogP contribution in [0.2, 0.25) is 0 Å². The molecule has 0 saturated heterocycles. The van der Waals surface area contributed by atoms with Crippen LogP contribution < -0.4 is 10.1 Å². The number of halogens is 3. The third-order valence-electron chi connectivity index (χ3n) is 3.60. The van der Waals surface area contributed by atoms with E-state index in [-0.39, 0.29) is 11.4 Å². The number of rotatable bonds is 5. The van der Waals surface area contributed by atoms with Gasteiger partial charge in [-0.1, -0.05) is 24.3 Å². The maximum atomic E-state index is 12.3. The molecular formula is C19H12F3N3O3. The molecule has 0 bridgehead atoms. The van der Waals surface area contributed by atoms with Crippen molar-refractivity contribution < 1.29 is 27.5 Å². The Morgan fingerprint density at radius 3 is 2.29 bits per heavy atom. The van der Waals surface area contributed by atoms with Crippen molar-refractivity contribution in [3.05, 3.63) is 72.1 Å². The summed E-state index contributed by atoms with van der Waals surface area (Å²) in [5.74, 6) is -0.767. The molecule has 1 aromatic heterocycles. The molecule has 0 atom stereocenters. The van der Waals surface area contributed by atoms with Crippen molar-refractivity contribution >= 4 is 18.0 Å². The molecule has 3 aromatic rings. The Labute approximate surface area is 157 Å². The lowest BCUT2D eigenvalue weighted by atomic mass is 10.1. The molecule has 0 unspecified atom stereocenters. The van der Waals surface area contributed by atoms with Crippen molar-refractivity contribution in [3.8, 4) is 17.0 Å². The standard InChI is InChI=1S/C19H12F3N3O3/c20-19(21,22)28-15-7-5-14(6-8-15)18(27)25-17-9-16(23-11-24-17)13-3-1-12(10-26)2-4-13/h1-11H,(H,23,24,25,27). The second-order valence-corrected chi connectivity index (χ2v) is 5.55. The van der Waals surface area contributed by atoms with Gasteiger partial charge in [0.2, 0.25) is 0 Å². The van der Waals surface area contributed by atoms with Crippen LogP contribution in [0.3, 0.4) is 0 Å². The largest absolute Gasteiger partial charge is 0.573 e. The second kappa shape index (κ2) is 7.87. The minimum Gasteiger partial charge on any atom is -0.406 e. The number of anilines is 1. The zero-order valence-electron chi connectivity index (χ0n) is 14.1. The Bertz CT molecular complexity index is 988. The third-order valence-corrected chi connectivity index (χ3v) is 3.60. The fourth-order valence-corrected chi connectivity index (χ4v) is 2.31. The molecule has 142 valence electrons. The summed E-state index contributed by atoms with van der Waals surface area (Å²) in [6, 6.07) is 12.7. The summed E-state index contributed by atoms with van der Waals surface area (Å²) in [7, 11) is 0. The number of nitrogens with one attached hydrogen (secondary N) is 1. The van der Waals surface area contributed by atoms with Crippen LogP contribution in [-0.4, -0.2) is 28.5 Å². The van der Waals surface area contributed by atoms with Crippen molar-refractivity contribution in [3.63, 3.8) is 0 Å². The van der Waals surface area contributed by atoms with Gasteiger partial charge in [-0.3, -0.25) is 9.59 Å². The van der Waals surface area contributed by atoms with E-state index in [1.807, 2.05) is 0 Å². The number of hydrogen-bond acceptors (Lipinski definition) is 5. The van der Waals surface area contributed by atoms with Crippen molar-refractivity contribution in [2.75, 3.05) is 5.32 Å². The predicted octanol–water partition coefficient (Wildman–Crippen LogP) is 4.11. The topological polar surface area (TPSA) is 81.2 Å². The summed E-state index contributed by atoms with van der Waals surface area (Å²) in [6.45, 7) is 0. The monoisotopic (exact) mass is 387 g/mol. The van der Waals surface area contributed by atoms with Crippen molar-refractivity contribution in [1.29, 1.82) is 0 Å². The minimum atomic E-state index is -4.80. The zero-order chi connectivity index (χ0) is 20.1. The molecule has 2 aromatic carbocycles. The summed E-state index contributed by atoms with van der Waals surface area (Å²) in [6.07, 6.45) is -2.82. The average Bonchev–Trinajstić information content (AvgIpc) is 2.67. The van der Waals surface area contributed by atoms with E-state index in [0.29, 0.717) is 11.3 Å². The first-order valence-corrected chi connectivity index (χ1v) is 7.89. The summed E-state index contributed by atoms with van der Waals surface area (Å²) in [4.78, 5) is 31.1. The molecule has 0 aliphatic heterocycles. The molecule has 1 amide bonds. The maximum absolute atomic E-state index is 12.3. The first-order valence-electron chi connectivity index (χ1n) is 7.89. The van der Waals surface area contributed by atoms with Gasteiger partial charge in [-0.25, -0.2) is 9.97 Å². The number of aromatic nitrogens is 2. The van der Waals surface area contributed by atoms with Gasteiger partial charge in [0.1, 0.15) is 24.2 Å². The minimum absolute atomic E-state index is 0.130. The van der Waals surface area contributed by atoms with Crippen molar-refractivity contribution in [2.24, 2.45) is 0 Å². The SMILES string of the molecule is O=Cc1ccc(-c2cc(NC(=O)c3ccc(OC(F)(F)F)cc3)ncn2)cc1. The third kappa shape index (κ3) is 4.91. The molecule has 1 N–H and O–H groups in total. The van der Waals surface area contributed by atoms with Crippen LogP contribution in [0, 0.1) is 0 Å². The van der Waals surface area contributed by atoms with Gasteiger partial charge in [0.25, 0.3) is 5.91 Å². The lowest BCUT2D eigenvalue weighted by Gasteiger charge is -2.09. The maximum Gasteiger partial charge on any atom is 0.573 e. The van der Waals surface area contributed by atoms with Gasteiger partial charge in [0, 0.05) is 22.8 Å². The summed E-state index contributed by atoms with van der Waals surface area (Å²) < 4.78 is 40.3. The van der Waals surface area contributed by atoms with Crippen LogP contribution in [0.5, 0.6) is 5.75 Å². The van der Waals surface area contributed by atoms with E-state index in [2.05, 4.69) is 20.0 Å². The van der Waals surface area contributed by atoms with Crippen molar-refractivity contribution in [1.82, 2.24) is 9.97 Å². The van der Waals surface area contributed by atoms with Crippen LogP contribution >= 0.6 is 0 Å². The van der Waals surface area contributed by atoms with Crippen LogP contribution in [0.15, 0.2) is 60.9 Å². The quantitative estimate of drug-likeness (QED) is 0.667. The number of benzene rings is 2. The van der Waals surface area contributed by atoms with Gasteiger partial charge < -0.3 is 10.1 Å². The first kappa shape index (κ1) is 19.0. The van der Waals surface area contributed by atoms with Gasteiger partial charge >= 0.3 is 6.36 Å². The molecule has 0 spiro atoms. The first-order chi connectivity index (χ1) is 13.3. The Kier molecular flexibility index (Phi) is 5.35. The van der Waals surface area contributed by atoms with Crippen LogP contribution in [0.1, 0.15) is 20.7 Å². The molecule has 3 rings (SSSR count). The highest BCUT2D eigenvalue weighted by atomic mass is 19.4. The Morgan fingerprint density at radius 2 is 1.68 bits per heavy atom. The molecule has 6 nitrogen and oxygen atoms in total. The summed E-state index contributed by atoms with van der Waals surface area (Å²) in [5.41, 5.74) is 1.89. The normalized spacial score (nSPS) is 11.0. The van der Waals surface area contributed by atoms with E-state index >= 15 is 0 Å². The molecular weight excluding hydrogens is 375 g/mol. The molecule has 0 fully saturated rings. The highest BCUT2D eigenvalue weighted by Gasteiger charge is 2.31. The fraction of sp³-hybridized carbons (Fsp3) is 0.0526. The van der Waals surface area contributed by atoms with E-state index < -0.39 is 18.0 Å². The van der Waals surface area contributed by atoms with Gasteiger partial charge in [-0.15, -0.1) is 13.2 Å². The number of carbonyl (C=O) groups excluding carboxylic acids is 2. The molecule has 0 saturated carbocycles. The van der Waals surface area contributed by atoms with E-state index in [0.717, 1.165) is 24.0 Å². The summed E-state index contributed by atoms with van der Waals surface area (Å²) in [5, 5.41) is 2.55. The number of ether oxygens (including phenoxy) is 1. The average molecular weight is 387 g/mol. The molecule has 0 aliphatic carbocycles. The van der Waals surface area contributed by atoms with Gasteiger partial charge in [0.05, 0.1) is 5.69 Å². The Balaban J connectivity index is 1.72. The lowest BCUT2D eigenvalue weighted by molar-refractivity contribution is -0.274. The molecule has 1 heterocycles. The number of nitrogens with zero attached hydrogens (tertiary/aromatic N) is 2. The molecule has 28 heavy (non-hydrogen) atoms. The van der Waals surface area contributed by atoms with E-state index in [9.17, 15) is 22.8 Å². The van der Waals surface area contributed by atoms with Crippen LogP contribution in [0.4, 0.5) is 19.0 Å². The molecule has 0 radical (unpaired) electrons. The highest BCUT2D eigenvalue weighted by Crippen LogP contribution is 2.23. The fourth-order valence-electron chi connectivity index (χ4n) is 2.31. The van der Waals surface area contributed by atoms with Gasteiger partial charge in [-0.05, 0) is 24.3 Å². The van der Waals surface area contributed by atoms with Gasteiger partial charge in [0.15, 0.2) is 0 Å². The molecule has 0 aliphatic rings. The molecule has 9 heteroatoms. The van der Waals surface area contributed by atoms with E-state index in [1.165, 1.54) is 24.5 Å². The van der Waals surface area contributed by atoms with E-state index in [1.54, 1.807) is 24.3 Å². The van der Waals surface area contributed by atoms with Crippen molar-refractivity contribution in [2.45, 2.75) is 6.36 Å². The Morgan fingerprint density at radius 1 is 1.00 bits per heavy atom. The van der Waals surface area contributed by atoms with Gasteiger partial charge in [-0.2, -0.15) is 0 Å². The number of amides is 1. The second-order valence-electron chi connectivity index (χ2n) is 5.55. The Hall–Kier alpha value is -3.75. The summed E-state index contributed by atoms with van der Waals surface area (Å²) >= 11 is 0. The predicted molar refractivity (Wildman–Crippen MR) is 93.9 cm³/mol. The number of carbonyl (C=O) groups is 2. The zero-order valence-corrected chi connectivity index (χ0v) is 14.1. The highest BCUT2D eigenvalue weighted by molar-refractivity contribution is 6.04. The smallest absolute Gasteiger partial charge is 0.406 e. The number of aldehydes is 1. The number of alkyl halides is 3. The lowest BCUT2D eigenvalue weighted by Crippen LogP contribution is -2.17.